The van der Waals surface area contributed by atoms with Crippen LogP contribution in [0.15, 0.2) is 48.1 Å². The van der Waals surface area contributed by atoms with Crippen molar-refractivity contribution >= 4 is 0 Å². The van der Waals surface area contributed by atoms with E-state index in [4.69, 9.17) is 4.74 Å². The summed E-state index contributed by atoms with van der Waals surface area (Å²) in [5.41, 5.74) is 2.72. The third kappa shape index (κ3) is 3.77. The van der Waals surface area contributed by atoms with Gasteiger partial charge in [0.1, 0.15) is 12.4 Å². The molecule has 1 aliphatic rings. The van der Waals surface area contributed by atoms with E-state index in [1.807, 2.05) is 13.0 Å². The van der Waals surface area contributed by atoms with Crippen molar-refractivity contribution in [3.63, 3.8) is 0 Å². The number of rotatable bonds is 5. The second kappa shape index (κ2) is 5.72. The molecule has 1 aromatic rings. The van der Waals surface area contributed by atoms with E-state index in [1.165, 1.54) is 24.0 Å². The van der Waals surface area contributed by atoms with Crippen molar-refractivity contribution in [2.45, 2.75) is 32.6 Å². The van der Waals surface area contributed by atoms with Crippen LogP contribution in [0.2, 0.25) is 0 Å². The van der Waals surface area contributed by atoms with Crippen molar-refractivity contribution in [3.8, 4) is 5.75 Å². The Morgan fingerprint density at radius 1 is 1.29 bits per heavy atom. The maximum atomic E-state index is 5.64. The lowest BCUT2D eigenvalue weighted by Crippen LogP contribution is -1.93. The second-order valence-corrected chi connectivity index (χ2v) is 4.59. The lowest BCUT2D eigenvalue weighted by Gasteiger charge is -2.04. The maximum absolute atomic E-state index is 5.64. The first-order chi connectivity index (χ1) is 8.29. The molecule has 0 spiro atoms. The number of hydrogen-bond acceptors (Lipinski definition) is 1. The minimum Gasteiger partial charge on any atom is -0.490 e. The van der Waals surface area contributed by atoms with Crippen molar-refractivity contribution in [3.05, 3.63) is 53.6 Å². The predicted molar refractivity (Wildman–Crippen MR) is 72.5 cm³/mol. The number of ether oxygens (including phenoxy) is 1. The van der Waals surface area contributed by atoms with Gasteiger partial charge in [-0.3, -0.25) is 0 Å². The van der Waals surface area contributed by atoms with E-state index in [0.29, 0.717) is 6.61 Å². The van der Waals surface area contributed by atoms with Crippen molar-refractivity contribution < 1.29 is 4.74 Å². The molecule has 1 saturated carbocycles. The highest BCUT2D eigenvalue weighted by Crippen LogP contribution is 2.40. The largest absolute Gasteiger partial charge is 0.490 e. The zero-order valence-electron chi connectivity index (χ0n) is 10.6. The molecule has 0 radical (unpaired) electrons. The van der Waals surface area contributed by atoms with Gasteiger partial charge in [0.25, 0.3) is 0 Å². The highest BCUT2D eigenvalue weighted by molar-refractivity contribution is 5.31. The predicted octanol–water partition coefficient (Wildman–Crippen LogP) is 4.47. The molecular formula is C16H20O. The molecule has 0 heterocycles. The zero-order chi connectivity index (χ0) is 12.1. The fraction of sp³-hybridized carbons (Fsp3) is 0.375. The maximum Gasteiger partial charge on any atom is 0.119 e. The molecule has 1 fully saturated rings. The summed E-state index contributed by atoms with van der Waals surface area (Å²) in [6.07, 6.45) is 8.92. The van der Waals surface area contributed by atoms with Gasteiger partial charge in [0, 0.05) is 0 Å². The Balaban J connectivity index is 1.80. The molecule has 1 aliphatic carbocycles. The Kier molecular flexibility index (Phi) is 4.03. The van der Waals surface area contributed by atoms with Gasteiger partial charge in [-0.1, -0.05) is 29.9 Å². The highest BCUT2D eigenvalue weighted by atomic mass is 16.5. The SMILES string of the molecule is C/C=C(C)\C=C/COc1ccc(C2CC2)cc1. The molecule has 0 N–H and O–H groups in total. The van der Waals surface area contributed by atoms with Crippen LogP contribution in [0.3, 0.4) is 0 Å². The average molecular weight is 228 g/mol. The average Bonchev–Trinajstić information content (AvgIpc) is 3.19. The molecular weight excluding hydrogens is 208 g/mol. The number of benzene rings is 1. The van der Waals surface area contributed by atoms with Gasteiger partial charge in [0.05, 0.1) is 0 Å². The molecule has 0 unspecified atom stereocenters. The van der Waals surface area contributed by atoms with Gasteiger partial charge < -0.3 is 4.74 Å². The summed E-state index contributed by atoms with van der Waals surface area (Å²) in [7, 11) is 0. The Morgan fingerprint density at radius 2 is 2.00 bits per heavy atom. The quantitative estimate of drug-likeness (QED) is 0.676. The molecule has 1 aromatic carbocycles. The Labute approximate surface area is 104 Å². The first-order valence-corrected chi connectivity index (χ1v) is 6.32. The molecule has 0 atom stereocenters. The molecule has 1 nitrogen and oxygen atoms in total. The molecule has 2 rings (SSSR count). The summed E-state index contributed by atoms with van der Waals surface area (Å²) in [6.45, 7) is 4.76. The van der Waals surface area contributed by atoms with Crippen LogP contribution in [-0.2, 0) is 0 Å². The topological polar surface area (TPSA) is 9.23 Å². The Morgan fingerprint density at radius 3 is 2.59 bits per heavy atom. The lowest BCUT2D eigenvalue weighted by molar-refractivity contribution is 0.362. The van der Waals surface area contributed by atoms with E-state index < -0.39 is 0 Å². The molecule has 0 aromatic heterocycles. The van der Waals surface area contributed by atoms with Crippen LogP contribution in [0, 0.1) is 0 Å². The summed E-state index contributed by atoms with van der Waals surface area (Å²) < 4.78 is 5.64. The van der Waals surface area contributed by atoms with Gasteiger partial charge in [-0.15, -0.1) is 0 Å². The highest BCUT2D eigenvalue weighted by Gasteiger charge is 2.22. The normalized spacial score (nSPS) is 16.5. The standard InChI is InChI=1S/C16H20O/c1-3-13(2)5-4-12-17-16-10-8-15(9-11-16)14-6-7-14/h3-5,8-11,14H,6-7,12H2,1-2H3/b5-4-,13-3-. The summed E-state index contributed by atoms with van der Waals surface area (Å²) in [4.78, 5) is 0. The van der Waals surface area contributed by atoms with Crippen LogP contribution < -0.4 is 4.74 Å². The third-order valence-electron chi connectivity index (χ3n) is 3.11. The fourth-order valence-corrected chi connectivity index (χ4v) is 1.73. The van der Waals surface area contributed by atoms with E-state index in [2.05, 4.69) is 43.3 Å². The molecule has 0 saturated heterocycles. The van der Waals surface area contributed by atoms with E-state index in [-0.39, 0.29) is 0 Å². The van der Waals surface area contributed by atoms with Crippen LogP contribution >= 0.6 is 0 Å². The van der Waals surface area contributed by atoms with E-state index in [9.17, 15) is 0 Å². The minimum atomic E-state index is 0.633. The lowest BCUT2D eigenvalue weighted by atomic mass is 10.1. The zero-order valence-corrected chi connectivity index (χ0v) is 10.6. The monoisotopic (exact) mass is 228 g/mol. The second-order valence-electron chi connectivity index (χ2n) is 4.59. The molecule has 1 heteroatoms. The Hall–Kier alpha value is -1.50. The Bertz CT molecular complexity index is 408. The number of hydrogen-bond donors (Lipinski definition) is 0. The van der Waals surface area contributed by atoms with Crippen LogP contribution in [0.25, 0.3) is 0 Å². The van der Waals surface area contributed by atoms with Gasteiger partial charge in [-0.05, 0) is 56.4 Å². The van der Waals surface area contributed by atoms with Crippen molar-refractivity contribution in [1.82, 2.24) is 0 Å². The van der Waals surface area contributed by atoms with Crippen LogP contribution in [0.5, 0.6) is 5.75 Å². The van der Waals surface area contributed by atoms with Crippen molar-refractivity contribution in [1.29, 1.82) is 0 Å². The van der Waals surface area contributed by atoms with E-state index in [0.717, 1.165) is 11.7 Å². The summed E-state index contributed by atoms with van der Waals surface area (Å²) >= 11 is 0. The van der Waals surface area contributed by atoms with Crippen LogP contribution in [0.4, 0.5) is 0 Å². The van der Waals surface area contributed by atoms with Crippen molar-refractivity contribution in [2.24, 2.45) is 0 Å². The van der Waals surface area contributed by atoms with E-state index in [1.54, 1.807) is 0 Å². The summed E-state index contributed by atoms with van der Waals surface area (Å²) in [5, 5.41) is 0. The summed E-state index contributed by atoms with van der Waals surface area (Å²) in [6, 6.07) is 8.52. The van der Waals surface area contributed by atoms with Crippen LogP contribution in [-0.4, -0.2) is 6.61 Å². The third-order valence-corrected chi connectivity index (χ3v) is 3.11. The number of allylic oxidation sites excluding steroid dienone is 3. The first-order valence-electron chi connectivity index (χ1n) is 6.32. The van der Waals surface area contributed by atoms with Gasteiger partial charge in [0.15, 0.2) is 0 Å². The minimum absolute atomic E-state index is 0.633. The van der Waals surface area contributed by atoms with Gasteiger partial charge in [-0.25, -0.2) is 0 Å². The van der Waals surface area contributed by atoms with Crippen molar-refractivity contribution in [2.75, 3.05) is 6.61 Å². The molecule has 90 valence electrons. The molecule has 0 amide bonds. The smallest absolute Gasteiger partial charge is 0.119 e. The molecule has 17 heavy (non-hydrogen) atoms. The summed E-state index contributed by atoms with van der Waals surface area (Å²) in [5.74, 6) is 1.78. The molecule has 0 aliphatic heterocycles. The van der Waals surface area contributed by atoms with E-state index >= 15 is 0 Å². The van der Waals surface area contributed by atoms with Gasteiger partial charge in [-0.2, -0.15) is 0 Å². The molecule has 0 bridgehead atoms. The first kappa shape index (κ1) is 12.0. The van der Waals surface area contributed by atoms with Gasteiger partial charge in [0.2, 0.25) is 0 Å². The van der Waals surface area contributed by atoms with Crippen LogP contribution in [0.1, 0.15) is 38.2 Å². The fourth-order valence-electron chi connectivity index (χ4n) is 1.73. The van der Waals surface area contributed by atoms with Gasteiger partial charge >= 0.3 is 0 Å².